The lowest BCUT2D eigenvalue weighted by molar-refractivity contribution is 1.14. The van der Waals surface area contributed by atoms with Gasteiger partial charge in [-0.05, 0) is 12.1 Å². The van der Waals surface area contributed by atoms with Gasteiger partial charge < -0.3 is 0 Å². The molecular formula is C8H7Cl2NS. The molecule has 1 heterocycles. The van der Waals surface area contributed by atoms with Gasteiger partial charge in [0.1, 0.15) is 0 Å². The minimum absolute atomic E-state index is 0.659. The third kappa shape index (κ3) is 3.48. The molecule has 1 aromatic rings. The average molecular weight is 220 g/mol. The largest absolute Gasteiger partial charge is 0.248 e. The number of hydrogen-bond donors (Lipinski definition) is 0. The van der Waals surface area contributed by atoms with Gasteiger partial charge in [0.25, 0.3) is 0 Å². The molecular weight excluding hydrogens is 213 g/mol. The van der Waals surface area contributed by atoms with Gasteiger partial charge in [-0.1, -0.05) is 29.3 Å². The fraction of sp³-hybridized carbons (Fsp3) is 0.125. The molecule has 1 aromatic heterocycles. The predicted octanol–water partition coefficient (Wildman–Crippen LogP) is 3.58. The van der Waals surface area contributed by atoms with E-state index in [9.17, 15) is 0 Å². The van der Waals surface area contributed by atoms with Gasteiger partial charge in [-0.25, -0.2) is 4.98 Å². The summed E-state index contributed by atoms with van der Waals surface area (Å²) in [4.78, 5) is 4.10. The standard InChI is InChI=1S/C8H7Cl2NS/c9-4-1-5-12-8-3-2-7(10)6-11-8/h1-4,6H,5H2/b4-1+. The molecule has 0 aromatic carbocycles. The Morgan fingerprint density at radius 2 is 2.33 bits per heavy atom. The molecule has 0 bridgehead atoms. The Kier molecular flexibility index (Phi) is 4.51. The van der Waals surface area contributed by atoms with E-state index in [1.807, 2.05) is 18.2 Å². The lowest BCUT2D eigenvalue weighted by atomic mass is 10.5. The van der Waals surface area contributed by atoms with Gasteiger partial charge in [0, 0.05) is 17.5 Å². The van der Waals surface area contributed by atoms with Crippen LogP contribution in [-0.4, -0.2) is 10.7 Å². The minimum atomic E-state index is 0.659. The van der Waals surface area contributed by atoms with E-state index >= 15 is 0 Å². The van der Waals surface area contributed by atoms with Crippen LogP contribution in [0.3, 0.4) is 0 Å². The summed E-state index contributed by atoms with van der Waals surface area (Å²) in [6.45, 7) is 0. The van der Waals surface area contributed by atoms with E-state index in [0.717, 1.165) is 10.8 Å². The van der Waals surface area contributed by atoms with Crippen LogP contribution in [0, 0.1) is 0 Å². The molecule has 0 unspecified atom stereocenters. The van der Waals surface area contributed by atoms with E-state index in [1.54, 1.807) is 18.0 Å². The Balaban J connectivity index is 2.47. The second-order valence-corrected chi connectivity index (χ2v) is 3.72. The van der Waals surface area contributed by atoms with Crippen LogP contribution in [-0.2, 0) is 0 Å². The fourth-order valence-corrected chi connectivity index (χ4v) is 1.58. The second-order valence-electron chi connectivity index (χ2n) is 1.99. The number of thioether (sulfide) groups is 1. The average Bonchev–Trinajstić information content (AvgIpc) is 2.09. The van der Waals surface area contributed by atoms with Gasteiger partial charge in [0.2, 0.25) is 0 Å². The third-order valence-electron chi connectivity index (χ3n) is 1.12. The van der Waals surface area contributed by atoms with Gasteiger partial charge in [-0.2, -0.15) is 0 Å². The van der Waals surface area contributed by atoms with Crippen LogP contribution in [0.2, 0.25) is 5.02 Å². The highest BCUT2D eigenvalue weighted by Gasteiger charge is 1.92. The summed E-state index contributed by atoms with van der Waals surface area (Å²) in [7, 11) is 0. The van der Waals surface area contributed by atoms with Gasteiger partial charge >= 0.3 is 0 Å². The summed E-state index contributed by atoms with van der Waals surface area (Å²) in [6, 6.07) is 3.70. The highest BCUT2D eigenvalue weighted by Crippen LogP contribution is 2.16. The first kappa shape index (κ1) is 9.90. The van der Waals surface area contributed by atoms with Crippen molar-refractivity contribution in [3.63, 3.8) is 0 Å². The van der Waals surface area contributed by atoms with E-state index in [4.69, 9.17) is 23.2 Å². The first-order chi connectivity index (χ1) is 5.83. The number of hydrogen-bond acceptors (Lipinski definition) is 2. The van der Waals surface area contributed by atoms with Crippen LogP contribution < -0.4 is 0 Å². The maximum absolute atomic E-state index is 5.67. The molecule has 0 atom stereocenters. The third-order valence-corrected chi connectivity index (χ3v) is 2.41. The fourth-order valence-electron chi connectivity index (χ4n) is 0.617. The molecule has 0 aliphatic carbocycles. The Hall–Kier alpha value is -0.180. The van der Waals surface area contributed by atoms with Crippen LogP contribution >= 0.6 is 35.0 Å². The number of aromatic nitrogens is 1. The smallest absolute Gasteiger partial charge is 0.0963 e. The zero-order valence-corrected chi connectivity index (χ0v) is 8.53. The second kappa shape index (κ2) is 5.46. The van der Waals surface area contributed by atoms with E-state index < -0.39 is 0 Å². The molecule has 0 spiro atoms. The van der Waals surface area contributed by atoms with Crippen molar-refractivity contribution in [2.75, 3.05) is 5.75 Å². The van der Waals surface area contributed by atoms with E-state index in [1.165, 1.54) is 5.54 Å². The van der Waals surface area contributed by atoms with Gasteiger partial charge in [0.15, 0.2) is 0 Å². The zero-order chi connectivity index (χ0) is 8.81. The van der Waals surface area contributed by atoms with Crippen LogP contribution in [0.1, 0.15) is 0 Å². The molecule has 0 aliphatic rings. The normalized spacial score (nSPS) is 10.8. The summed E-state index contributed by atoms with van der Waals surface area (Å²) >= 11 is 12.6. The Bertz CT molecular complexity index is 258. The molecule has 12 heavy (non-hydrogen) atoms. The maximum atomic E-state index is 5.67. The van der Waals surface area contributed by atoms with Crippen molar-refractivity contribution in [1.82, 2.24) is 4.98 Å². The van der Waals surface area contributed by atoms with Crippen LogP contribution in [0.25, 0.3) is 0 Å². The number of rotatable bonds is 3. The van der Waals surface area contributed by atoms with Crippen molar-refractivity contribution in [2.45, 2.75) is 5.03 Å². The lowest BCUT2D eigenvalue weighted by Crippen LogP contribution is -1.78. The first-order valence-electron chi connectivity index (χ1n) is 3.32. The van der Waals surface area contributed by atoms with Crippen molar-refractivity contribution in [2.24, 2.45) is 0 Å². The molecule has 1 nitrogen and oxygen atoms in total. The highest BCUT2D eigenvalue weighted by atomic mass is 35.5. The Labute approximate surface area is 85.8 Å². The first-order valence-corrected chi connectivity index (χ1v) is 5.12. The monoisotopic (exact) mass is 219 g/mol. The van der Waals surface area contributed by atoms with Crippen molar-refractivity contribution in [3.8, 4) is 0 Å². The van der Waals surface area contributed by atoms with Gasteiger partial charge in [-0.3, -0.25) is 0 Å². The van der Waals surface area contributed by atoms with Crippen molar-refractivity contribution < 1.29 is 0 Å². The molecule has 0 saturated carbocycles. The van der Waals surface area contributed by atoms with Gasteiger partial charge in [0.05, 0.1) is 10.0 Å². The topological polar surface area (TPSA) is 12.9 Å². The van der Waals surface area contributed by atoms with Crippen LogP contribution in [0.15, 0.2) is 35.0 Å². The van der Waals surface area contributed by atoms with Crippen LogP contribution in [0.5, 0.6) is 0 Å². The van der Waals surface area contributed by atoms with Crippen molar-refractivity contribution in [3.05, 3.63) is 35.0 Å². The Morgan fingerprint density at radius 1 is 1.50 bits per heavy atom. The van der Waals surface area contributed by atoms with E-state index in [-0.39, 0.29) is 0 Å². The number of nitrogens with zero attached hydrogens (tertiary/aromatic N) is 1. The summed E-state index contributed by atoms with van der Waals surface area (Å²) in [5, 5.41) is 1.61. The molecule has 4 heteroatoms. The highest BCUT2D eigenvalue weighted by molar-refractivity contribution is 7.99. The molecule has 0 fully saturated rings. The molecule has 1 rings (SSSR count). The molecule has 64 valence electrons. The minimum Gasteiger partial charge on any atom is -0.248 e. The lowest BCUT2D eigenvalue weighted by Gasteiger charge is -1.95. The SMILES string of the molecule is Cl/C=C/CSc1ccc(Cl)cn1. The van der Waals surface area contributed by atoms with E-state index in [0.29, 0.717) is 5.02 Å². The zero-order valence-electron chi connectivity index (χ0n) is 6.21. The van der Waals surface area contributed by atoms with E-state index in [2.05, 4.69) is 4.98 Å². The molecule has 0 amide bonds. The summed E-state index contributed by atoms with van der Waals surface area (Å²) in [5.41, 5.74) is 1.50. The summed E-state index contributed by atoms with van der Waals surface area (Å²) in [5.74, 6) is 0.831. The summed E-state index contributed by atoms with van der Waals surface area (Å²) < 4.78 is 0. The molecule has 0 N–H and O–H groups in total. The molecule has 0 saturated heterocycles. The Morgan fingerprint density at radius 3 is 2.92 bits per heavy atom. The number of pyridine rings is 1. The maximum Gasteiger partial charge on any atom is 0.0963 e. The molecule has 0 aliphatic heterocycles. The van der Waals surface area contributed by atoms with Crippen molar-refractivity contribution in [1.29, 1.82) is 0 Å². The van der Waals surface area contributed by atoms with Gasteiger partial charge in [-0.15, -0.1) is 11.8 Å². The van der Waals surface area contributed by atoms with Crippen LogP contribution in [0.4, 0.5) is 0 Å². The predicted molar refractivity (Wildman–Crippen MR) is 55.0 cm³/mol. The summed E-state index contributed by atoms with van der Waals surface area (Å²) in [6.07, 6.45) is 3.50. The quantitative estimate of drug-likeness (QED) is 0.722. The number of halogens is 2. The molecule has 0 radical (unpaired) electrons. The van der Waals surface area contributed by atoms with Crippen molar-refractivity contribution >= 4 is 35.0 Å².